The molecule has 0 amide bonds. The zero-order valence-corrected chi connectivity index (χ0v) is 17.0. The van der Waals surface area contributed by atoms with Crippen molar-refractivity contribution < 1.29 is 0 Å². The van der Waals surface area contributed by atoms with Crippen LogP contribution < -0.4 is 5.56 Å². The Hall–Kier alpha value is -4.25. The van der Waals surface area contributed by atoms with Crippen molar-refractivity contribution >= 4 is 0 Å². The van der Waals surface area contributed by atoms with Crippen LogP contribution in [-0.2, 0) is 0 Å². The molecule has 0 unspecified atom stereocenters. The molecule has 0 radical (unpaired) electrons. The maximum absolute atomic E-state index is 13.1. The largest absolute Gasteiger partial charge is 0.274 e. The highest BCUT2D eigenvalue weighted by molar-refractivity contribution is 5.91. The maximum Gasteiger partial charge on any atom is 0.274 e. The fraction of sp³-hybridized carbons (Fsp3) is 0.0385. The minimum Gasteiger partial charge on any atom is -0.267 e. The maximum atomic E-state index is 13.1. The van der Waals surface area contributed by atoms with Gasteiger partial charge >= 0.3 is 0 Å². The van der Waals surface area contributed by atoms with Crippen LogP contribution >= 0.6 is 0 Å². The van der Waals surface area contributed by atoms with E-state index in [1.54, 1.807) is 0 Å². The number of hydrogen-bond donors (Lipinski definition) is 1. The van der Waals surface area contributed by atoms with Crippen LogP contribution in [0.3, 0.4) is 0 Å². The molecule has 1 N–H and O–H groups in total. The molecule has 0 bridgehead atoms. The zero-order valence-electron chi connectivity index (χ0n) is 17.0. The second-order valence-corrected chi connectivity index (χ2v) is 7.30. The van der Waals surface area contributed by atoms with Gasteiger partial charge in [-0.3, -0.25) is 4.79 Å². The molecule has 0 aliphatic rings. The molecule has 0 spiro atoms. The molecule has 0 aliphatic heterocycles. The van der Waals surface area contributed by atoms with Gasteiger partial charge in [0.1, 0.15) is 0 Å². The summed E-state index contributed by atoms with van der Waals surface area (Å²) in [6.07, 6.45) is 0. The van der Waals surface area contributed by atoms with Crippen LogP contribution in [0.4, 0.5) is 0 Å². The Bertz CT molecular complexity index is 1390. The lowest BCUT2D eigenvalue weighted by molar-refractivity contribution is 0.849. The molecule has 2 aromatic heterocycles. The first-order chi connectivity index (χ1) is 15.2. The summed E-state index contributed by atoms with van der Waals surface area (Å²) in [5, 5.41) is 11.9. The Morgan fingerprint density at radius 2 is 1.32 bits per heavy atom. The predicted molar refractivity (Wildman–Crippen MR) is 123 cm³/mol. The number of benzene rings is 3. The highest BCUT2D eigenvalue weighted by Gasteiger charge is 2.21. The molecule has 5 heteroatoms. The van der Waals surface area contributed by atoms with E-state index in [4.69, 9.17) is 5.10 Å². The van der Waals surface area contributed by atoms with Gasteiger partial charge in [0.15, 0.2) is 0 Å². The van der Waals surface area contributed by atoms with Crippen LogP contribution in [0, 0.1) is 6.92 Å². The van der Waals surface area contributed by atoms with E-state index in [1.807, 2.05) is 109 Å². The fourth-order valence-corrected chi connectivity index (χ4v) is 3.81. The summed E-state index contributed by atoms with van der Waals surface area (Å²) in [7, 11) is 0. The van der Waals surface area contributed by atoms with Gasteiger partial charge in [-0.05, 0) is 30.7 Å². The first-order valence-corrected chi connectivity index (χ1v) is 10.1. The quantitative estimate of drug-likeness (QED) is 0.444. The summed E-state index contributed by atoms with van der Waals surface area (Å²) in [6, 6.07) is 31.6. The Balaban J connectivity index is 1.80. The van der Waals surface area contributed by atoms with Gasteiger partial charge in [0.2, 0.25) is 0 Å². The average molecular weight is 404 g/mol. The van der Waals surface area contributed by atoms with Gasteiger partial charge in [-0.2, -0.15) is 10.2 Å². The zero-order chi connectivity index (χ0) is 21.2. The molecule has 0 atom stereocenters. The van der Waals surface area contributed by atoms with Gasteiger partial charge in [-0.25, -0.2) is 9.78 Å². The third-order valence-corrected chi connectivity index (χ3v) is 5.24. The van der Waals surface area contributed by atoms with Crippen molar-refractivity contribution in [3.63, 3.8) is 0 Å². The number of para-hydroxylation sites is 1. The number of hydrogen-bond acceptors (Lipinski definition) is 3. The van der Waals surface area contributed by atoms with Crippen molar-refractivity contribution in [1.29, 1.82) is 0 Å². The highest BCUT2D eigenvalue weighted by atomic mass is 16.1. The first kappa shape index (κ1) is 18.8. The lowest BCUT2D eigenvalue weighted by Gasteiger charge is -2.12. The van der Waals surface area contributed by atoms with E-state index < -0.39 is 0 Å². The number of nitrogens with zero attached hydrogens (tertiary/aromatic N) is 3. The summed E-state index contributed by atoms with van der Waals surface area (Å²) in [4.78, 5) is 13.1. The van der Waals surface area contributed by atoms with Crippen LogP contribution in [0.25, 0.3) is 39.3 Å². The summed E-state index contributed by atoms with van der Waals surface area (Å²) < 4.78 is 1.85. The molecule has 0 fully saturated rings. The van der Waals surface area contributed by atoms with Gasteiger partial charge in [0.05, 0.1) is 22.6 Å². The van der Waals surface area contributed by atoms with Crippen molar-refractivity contribution in [2.45, 2.75) is 6.92 Å². The Kier molecular flexibility index (Phi) is 4.77. The highest BCUT2D eigenvalue weighted by Crippen LogP contribution is 2.36. The van der Waals surface area contributed by atoms with Crippen molar-refractivity contribution in [3.8, 4) is 39.3 Å². The summed E-state index contributed by atoms with van der Waals surface area (Å²) in [5.41, 5.74) is 6.08. The SMILES string of the molecule is Cc1cc(-c2c(-c3ccccc3)c(-c3ccccc3)n[nH]c2=O)nn1-c1ccccc1. The molecule has 0 saturated carbocycles. The predicted octanol–water partition coefficient (Wildman–Crippen LogP) is 5.27. The Labute approximate surface area is 179 Å². The molecule has 150 valence electrons. The topological polar surface area (TPSA) is 63.6 Å². The minimum atomic E-state index is -0.267. The van der Waals surface area contributed by atoms with Crippen LogP contribution in [0.1, 0.15) is 5.69 Å². The first-order valence-electron chi connectivity index (χ1n) is 10.1. The minimum absolute atomic E-state index is 0.267. The summed E-state index contributed by atoms with van der Waals surface area (Å²) in [6.45, 7) is 1.99. The van der Waals surface area contributed by atoms with Crippen LogP contribution in [0.5, 0.6) is 0 Å². The van der Waals surface area contributed by atoms with Gasteiger partial charge in [0, 0.05) is 16.8 Å². The third-order valence-electron chi connectivity index (χ3n) is 5.24. The van der Waals surface area contributed by atoms with E-state index in [-0.39, 0.29) is 5.56 Å². The average Bonchev–Trinajstić information content (AvgIpc) is 3.21. The van der Waals surface area contributed by atoms with Crippen LogP contribution in [0.2, 0.25) is 0 Å². The van der Waals surface area contributed by atoms with Gasteiger partial charge in [0.25, 0.3) is 5.56 Å². The van der Waals surface area contributed by atoms with E-state index in [0.717, 1.165) is 28.1 Å². The van der Waals surface area contributed by atoms with Crippen molar-refractivity contribution in [2.75, 3.05) is 0 Å². The molecule has 0 aliphatic carbocycles. The third kappa shape index (κ3) is 3.46. The standard InChI is InChI=1S/C26H20N4O/c1-18-17-22(29-30(18)21-15-9-4-10-16-21)24-23(19-11-5-2-6-12-19)25(27-28-26(24)31)20-13-7-3-8-14-20/h2-17H,1H3,(H,28,31). The normalized spacial score (nSPS) is 10.9. The lowest BCUT2D eigenvalue weighted by Crippen LogP contribution is -2.14. The molecule has 31 heavy (non-hydrogen) atoms. The fourth-order valence-electron chi connectivity index (χ4n) is 3.81. The molecule has 5 nitrogen and oxygen atoms in total. The molecular weight excluding hydrogens is 384 g/mol. The van der Waals surface area contributed by atoms with Crippen LogP contribution in [0.15, 0.2) is 102 Å². The monoisotopic (exact) mass is 404 g/mol. The van der Waals surface area contributed by atoms with E-state index in [9.17, 15) is 4.79 Å². The van der Waals surface area contributed by atoms with E-state index >= 15 is 0 Å². The lowest BCUT2D eigenvalue weighted by atomic mass is 9.94. The number of aromatic amines is 1. The second kappa shape index (κ2) is 7.88. The summed E-state index contributed by atoms with van der Waals surface area (Å²) >= 11 is 0. The number of aryl methyl sites for hydroxylation is 1. The Morgan fingerprint density at radius 1 is 0.742 bits per heavy atom. The van der Waals surface area contributed by atoms with Gasteiger partial charge < -0.3 is 0 Å². The number of nitrogens with one attached hydrogen (secondary N) is 1. The van der Waals surface area contributed by atoms with Crippen molar-refractivity contribution in [3.05, 3.63) is 113 Å². The smallest absolute Gasteiger partial charge is 0.267 e. The van der Waals surface area contributed by atoms with Crippen LogP contribution in [-0.4, -0.2) is 20.0 Å². The van der Waals surface area contributed by atoms with E-state index in [1.165, 1.54) is 0 Å². The van der Waals surface area contributed by atoms with E-state index in [0.29, 0.717) is 17.0 Å². The molecule has 0 saturated heterocycles. The van der Waals surface area contributed by atoms with Gasteiger partial charge in [-0.15, -0.1) is 0 Å². The molecule has 3 aromatic carbocycles. The Morgan fingerprint density at radius 3 is 1.97 bits per heavy atom. The van der Waals surface area contributed by atoms with Crippen molar-refractivity contribution in [1.82, 2.24) is 20.0 Å². The number of aromatic nitrogens is 4. The molecule has 5 aromatic rings. The second-order valence-electron chi connectivity index (χ2n) is 7.30. The van der Waals surface area contributed by atoms with Crippen molar-refractivity contribution in [2.24, 2.45) is 0 Å². The van der Waals surface area contributed by atoms with E-state index in [2.05, 4.69) is 10.2 Å². The molecule has 5 rings (SSSR count). The molecular formula is C26H20N4O. The van der Waals surface area contributed by atoms with Gasteiger partial charge in [-0.1, -0.05) is 78.9 Å². The number of H-pyrrole nitrogens is 1. The molecule has 2 heterocycles. The number of rotatable bonds is 4. The summed E-state index contributed by atoms with van der Waals surface area (Å²) in [5.74, 6) is 0.